The Balaban J connectivity index is 1.70. The molecule has 1 aliphatic carbocycles. The molecule has 1 aliphatic rings. The highest BCUT2D eigenvalue weighted by Crippen LogP contribution is 2.24. The Bertz CT molecular complexity index is 622. The van der Waals surface area contributed by atoms with Crippen LogP contribution in [-0.4, -0.2) is 24.6 Å². The molecular weight excluding hydrogens is 330 g/mol. The second-order valence-electron chi connectivity index (χ2n) is 5.74. The van der Waals surface area contributed by atoms with Crippen LogP contribution in [0, 0.1) is 17.2 Å². The fraction of sp³-hybridized carbons (Fsp3) is 0.471. The summed E-state index contributed by atoms with van der Waals surface area (Å²) in [5, 5.41) is 14.4. The SMILES string of the molecule is N#CCNC(=O)C1CCC(NC(=O)OCc2ccccc2Cl)CC1. The smallest absolute Gasteiger partial charge is 0.407 e. The molecule has 0 spiro atoms. The van der Waals surface area contributed by atoms with Gasteiger partial charge in [-0.3, -0.25) is 4.79 Å². The largest absolute Gasteiger partial charge is 0.445 e. The van der Waals surface area contributed by atoms with Crippen molar-refractivity contribution >= 4 is 23.6 Å². The average molecular weight is 350 g/mol. The van der Waals surface area contributed by atoms with Crippen LogP contribution in [0.4, 0.5) is 4.79 Å². The van der Waals surface area contributed by atoms with Gasteiger partial charge in [-0.2, -0.15) is 5.26 Å². The van der Waals surface area contributed by atoms with Gasteiger partial charge in [0.15, 0.2) is 0 Å². The van der Waals surface area contributed by atoms with E-state index in [0.717, 1.165) is 5.56 Å². The lowest BCUT2D eigenvalue weighted by molar-refractivity contribution is -0.125. The zero-order chi connectivity index (χ0) is 17.4. The third-order valence-electron chi connectivity index (χ3n) is 4.08. The van der Waals surface area contributed by atoms with Crippen LogP contribution in [0.1, 0.15) is 31.2 Å². The van der Waals surface area contributed by atoms with Gasteiger partial charge >= 0.3 is 6.09 Å². The molecule has 1 aromatic carbocycles. The highest BCUT2D eigenvalue weighted by molar-refractivity contribution is 6.31. The number of alkyl carbamates (subject to hydrolysis) is 1. The molecule has 0 unspecified atom stereocenters. The summed E-state index contributed by atoms with van der Waals surface area (Å²) in [5.41, 5.74) is 0.757. The fourth-order valence-corrected chi connectivity index (χ4v) is 2.93. The molecule has 0 heterocycles. The van der Waals surface area contributed by atoms with E-state index in [1.54, 1.807) is 12.1 Å². The molecule has 0 radical (unpaired) electrons. The van der Waals surface area contributed by atoms with Gasteiger partial charge in [-0.15, -0.1) is 0 Å². The van der Waals surface area contributed by atoms with Crippen molar-refractivity contribution in [2.24, 2.45) is 5.92 Å². The van der Waals surface area contributed by atoms with Gasteiger partial charge < -0.3 is 15.4 Å². The predicted octanol–water partition coefficient (Wildman–Crippen LogP) is 2.76. The summed E-state index contributed by atoms with van der Waals surface area (Å²) in [7, 11) is 0. The minimum atomic E-state index is -0.479. The summed E-state index contributed by atoms with van der Waals surface area (Å²) in [6.45, 7) is 0.156. The van der Waals surface area contributed by atoms with Crippen molar-refractivity contribution < 1.29 is 14.3 Å². The number of carbonyl (C=O) groups excluding carboxylic acids is 2. The molecule has 2 N–H and O–H groups in total. The molecule has 0 aliphatic heterocycles. The van der Waals surface area contributed by atoms with Gasteiger partial charge in [0, 0.05) is 22.5 Å². The second-order valence-corrected chi connectivity index (χ2v) is 6.14. The molecule has 1 aromatic rings. The molecule has 0 atom stereocenters. The van der Waals surface area contributed by atoms with Crippen molar-refractivity contribution in [3.63, 3.8) is 0 Å². The van der Waals surface area contributed by atoms with E-state index in [9.17, 15) is 9.59 Å². The maximum Gasteiger partial charge on any atom is 0.407 e. The summed E-state index contributed by atoms with van der Waals surface area (Å²) in [5.74, 6) is -0.174. The van der Waals surface area contributed by atoms with Gasteiger partial charge in [0.05, 0.1) is 6.07 Å². The van der Waals surface area contributed by atoms with Gasteiger partial charge in [0.1, 0.15) is 13.2 Å². The van der Waals surface area contributed by atoms with Crippen molar-refractivity contribution in [1.82, 2.24) is 10.6 Å². The third-order valence-corrected chi connectivity index (χ3v) is 4.45. The Morgan fingerprint density at radius 3 is 2.62 bits per heavy atom. The second kappa shape index (κ2) is 9.14. The first-order chi connectivity index (χ1) is 11.6. The zero-order valence-electron chi connectivity index (χ0n) is 13.3. The maximum atomic E-state index is 11.9. The van der Waals surface area contributed by atoms with E-state index in [4.69, 9.17) is 21.6 Å². The number of hydrogen-bond acceptors (Lipinski definition) is 4. The minimum absolute atomic E-state index is 0.00348. The van der Waals surface area contributed by atoms with E-state index in [1.807, 2.05) is 18.2 Å². The molecule has 2 amide bonds. The van der Waals surface area contributed by atoms with Crippen LogP contribution in [-0.2, 0) is 16.1 Å². The number of benzene rings is 1. The number of nitriles is 1. The number of hydrogen-bond donors (Lipinski definition) is 2. The molecule has 7 heteroatoms. The first-order valence-corrected chi connectivity index (χ1v) is 8.29. The summed E-state index contributed by atoms with van der Waals surface area (Å²) < 4.78 is 5.19. The van der Waals surface area contributed by atoms with Crippen LogP contribution in [0.3, 0.4) is 0 Å². The number of carbonyl (C=O) groups is 2. The van der Waals surface area contributed by atoms with Gasteiger partial charge in [0.2, 0.25) is 5.91 Å². The summed E-state index contributed by atoms with van der Waals surface area (Å²) >= 11 is 6.01. The van der Waals surface area contributed by atoms with E-state index in [1.165, 1.54) is 0 Å². The van der Waals surface area contributed by atoms with Crippen molar-refractivity contribution in [2.75, 3.05) is 6.54 Å². The Morgan fingerprint density at radius 2 is 1.96 bits per heavy atom. The summed E-state index contributed by atoms with van der Waals surface area (Å²) in [6.07, 6.45) is 2.32. The first kappa shape index (κ1) is 18.1. The van der Waals surface area contributed by atoms with Crippen LogP contribution >= 0.6 is 11.6 Å². The predicted molar refractivity (Wildman–Crippen MR) is 89.1 cm³/mol. The van der Waals surface area contributed by atoms with E-state index in [-0.39, 0.29) is 31.0 Å². The zero-order valence-corrected chi connectivity index (χ0v) is 14.0. The van der Waals surface area contributed by atoms with Crippen molar-refractivity contribution in [3.05, 3.63) is 34.9 Å². The van der Waals surface area contributed by atoms with Crippen LogP contribution in [0.25, 0.3) is 0 Å². The normalized spacial score (nSPS) is 19.8. The number of nitrogens with zero attached hydrogens (tertiary/aromatic N) is 1. The van der Waals surface area contributed by atoms with Crippen LogP contribution < -0.4 is 10.6 Å². The maximum absolute atomic E-state index is 11.9. The van der Waals surface area contributed by atoms with Gasteiger partial charge in [-0.25, -0.2) is 4.79 Å². The number of amides is 2. The molecule has 0 saturated heterocycles. The van der Waals surface area contributed by atoms with Crippen LogP contribution in [0.2, 0.25) is 5.02 Å². The number of nitrogens with one attached hydrogen (secondary N) is 2. The summed E-state index contributed by atoms with van der Waals surface area (Å²) in [4.78, 5) is 23.7. The standard InChI is InChI=1S/C17H20ClN3O3/c18-15-4-2-1-3-13(15)11-24-17(23)21-14-7-5-12(6-8-14)16(22)20-10-9-19/h1-4,12,14H,5-8,10-11H2,(H,20,22)(H,21,23). The Kier molecular flexibility index (Phi) is 6.89. The van der Waals surface area contributed by atoms with Gasteiger partial charge in [-0.1, -0.05) is 29.8 Å². The van der Waals surface area contributed by atoms with Gasteiger partial charge in [0.25, 0.3) is 0 Å². The van der Waals surface area contributed by atoms with E-state index >= 15 is 0 Å². The number of halogens is 1. The lowest BCUT2D eigenvalue weighted by atomic mass is 9.85. The summed E-state index contributed by atoms with van der Waals surface area (Å²) in [6, 6.07) is 9.10. The first-order valence-electron chi connectivity index (χ1n) is 7.91. The molecule has 24 heavy (non-hydrogen) atoms. The van der Waals surface area contributed by atoms with E-state index in [2.05, 4.69) is 10.6 Å². The highest BCUT2D eigenvalue weighted by atomic mass is 35.5. The van der Waals surface area contributed by atoms with Crippen molar-refractivity contribution in [1.29, 1.82) is 5.26 Å². The lowest BCUT2D eigenvalue weighted by Gasteiger charge is -2.27. The molecule has 1 fully saturated rings. The monoisotopic (exact) mass is 349 g/mol. The van der Waals surface area contributed by atoms with Gasteiger partial charge in [-0.05, 0) is 31.7 Å². The third kappa shape index (κ3) is 5.43. The topological polar surface area (TPSA) is 91.2 Å². The molecular formula is C17H20ClN3O3. The Hall–Kier alpha value is -2.26. The van der Waals surface area contributed by atoms with E-state index < -0.39 is 6.09 Å². The average Bonchev–Trinajstić information content (AvgIpc) is 2.59. The molecule has 6 nitrogen and oxygen atoms in total. The van der Waals surface area contributed by atoms with Crippen molar-refractivity contribution in [3.8, 4) is 6.07 Å². The molecule has 0 aromatic heterocycles. The van der Waals surface area contributed by atoms with E-state index in [0.29, 0.717) is 30.7 Å². The molecule has 0 bridgehead atoms. The fourth-order valence-electron chi connectivity index (χ4n) is 2.74. The Morgan fingerprint density at radius 1 is 1.25 bits per heavy atom. The molecule has 1 saturated carbocycles. The number of ether oxygens (including phenoxy) is 1. The van der Waals surface area contributed by atoms with Crippen molar-refractivity contribution in [2.45, 2.75) is 38.3 Å². The van der Waals surface area contributed by atoms with Crippen LogP contribution in [0.5, 0.6) is 0 Å². The number of rotatable bonds is 5. The quantitative estimate of drug-likeness (QED) is 0.799. The molecule has 128 valence electrons. The van der Waals surface area contributed by atoms with Crippen LogP contribution in [0.15, 0.2) is 24.3 Å². The highest BCUT2D eigenvalue weighted by Gasteiger charge is 2.27. The minimum Gasteiger partial charge on any atom is -0.445 e. The lowest BCUT2D eigenvalue weighted by Crippen LogP contribution is -2.41. The molecule has 2 rings (SSSR count). The Labute approximate surface area is 146 Å².